The normalized spacial score (nSPS) is 15.8. The first kappa shape index (κ1) is 17.2. The quantitative estimate of drug-likeness (QED) is 0.361. The van der Waals surface area contributed by atoms with E-state index in [4.69, 9.17) is 0 Å². The summed E-state index contributed by atoms with van der Waals surface area (Å²) in [4.78, 5) is 10.1. The molecule has 0 unspecified atom stereocenters. The Hall–Kier alpha value is -3.68. The predicted octanol–water partition coefficient (Wildman–Crippen LogP) is 3.36. The Balaban J connectivity index is 1.30. The van der Waals surface area contributed by atoms with Crippen molar-refractivity contribution in [3.8, 4) is 5.75 Å². The van der Waals surface area contributed by atoms with Crippen LogP contribution in [0.15, 0.2) is 35.4 Å². The van der Waals surface area contributed by atoms with Crippen molar-refractivity contribution in [2.24, 2.45) is 5.10 Å². The monoisotopic (exact) mass is 399 g/mol. The predicted molar refractivity (Wildman–Crippen MR) is 117 cm³/mol. The molecule has 0 amide bonds. The molecule has 8 heteroatoms. The summed E-state index contributed by atoms with van der Waals surface area (Å²) in [6.45, 7) is 2.16. The van der Waals surface area contributed by atoms with Gasteiger partial charge in [-0.3, -0.25) is 0 Å². The Morgan fingerprint density at radius 2 is 2.00 bits per heavy atom. The smallest absolute Gasteiger partial charge is 0.265 e. The lowest BCUT2D eigenvalue weighted by atomic mass is 9.89. The van der Waals surface area contributed by atoms with Gasteiger partial charge in [-0.05, 0) is 43.4 Å². The maximum atomic E-state index is 10.8. The highest BCUT2D eigenvalue weighted by Crippen LogP contribution is 2.41. The highest BCUT2D eigenvalue weighted by molar-refractivity contribution is 6.03. The molecule has 30 heavy (non-hydrogen) atoms. The number of nitrogens with zero attached hydrogens (tertiary/aromatic N) is 5. The maximum absolute atomic E-state index is 10.8. The SMILES string of the molecule is Oc1c(C=NNc2nnc3c(n2)[nH]c2ccccc23)cc2c3c1CCCN3CCC2. The fraction of sp³-hybridized carbons (Fsp3) is 0.273. The topological polar surface area (TPSA) is 102 Å². The molecule has 6 rings (SSSR count). The number of benzene rings is 2. The van der Waals surface area contributed by atoms with Crippen LogP contribution in [0.2, 0.25) is 0 Å². The van der Waals surface area contributed by atoms with Gasteiger partial charge in [0.1, 0.15) is 11.3 Å². The number of hydrogen-bond donors (Lipinski definition) is 3. The summed E-state index contributed by atoms with van der Waals surface area (Å²) >= 11 is 0. The molecule has 150 valence electrons. The van der Waals surface area contributed by atoms with E-state index in [0.717, 1.165) is 66.3 Å². The van der Waals surface area contributed by atoms with Crippen LogP contribution in [-0.4, -0.2) is 44.6 Å². The maximum Gasteiger partial charge on any atom is 0.265 e. The summed E-state index contributed by atoms with van der Waals surface area (Å²) in [5, 5.41) is 24.5. The molecule has 2 aromatic carbocycles. The lowest BCUT2D eigenvalue weighted by molar-refractivity contribution is 0.461. The number of anilines is 2. The number of rotatable bonds is 3. The Labute approximate surface area is 172 Å². The molecular formula is C22H21N7O. The van der Waals surface area contributed by atoms with Crippen LogP contribution in [0, 0.1) is 0 Å². The van der Waals surface area contributed by atoms with Gasteiger partial charge < -0.3 is 15.0 Å². The lowest BCUT2D eigenvalue weighted by Gasteiger charge is -2.37. The summed E-state index contributed by atoms with van der Waals surface area (Å²) in [6, 6.07) is 9.95. The van der Waals surface area contributed by atoms with Gasteiger partial charge in [0.25, 0.3) is 5.95 Å². The number of hydrogen-bond acceptors (Lipinski definition) is 7. The number of nitrogens with one attached hydrogen (secondary N) is 2. The molecule has 2 aliphatic rings. The van der Waals surface area contributed by atoms with Crippen molar-refractivity contribution in [3.63, 3.8) is 0 Å². The first-order valence-corrected chi connectivity index (χ1v) is 10.3. The minimum atomic E-state index is 0.301. The van der Waals surface area contributed by atoms with Crippen molar-refractivity contribution < 1.29 is 5.11 Å². The minimum Gasteiger partial charge on any atom is -0.507 e. The van der Waals surface area contributed by atoms with Crippen molar-refractivity contribution in [1.82, 2.24) is 20.2 Å². The number of phenolic OH excluding ortho intramolecular Hbond substituents is 1. The first-order chi connectivity index (χ1) is 14.8. The van der Waals surface area contributed by atoms with Crippen molar-refractivity contribution in [3.05, 3.63) is 47.0 Å². The number of aromatic hydroxyl groups is 1. The molecule has 0 bridgehead atoms. The van der Waals surface area contributed by atoms with Gasteiger partial charge in [0.2, 0.25) is 0 Å². The number of aromatic nitrogens is 4. The second kappa shape index (κ2) is 6.69. The Kier molecular flexibility index (Phi) is 3.83. The summed E-state index contributed by atoms with van der Waals surface area (Å²) in [5.41, 5.74) is 9.52. The fourth-order valence-electron chi connectivity index (χ4n) is 4.69. The van der Waals surface area contributed by atoms with Crippen molar-refractivity contribution in [1.29, 1.82) is 0 Å². The van der Waals surface area contributed by atoms with E-state index in [1.54, 1.807) is 6.21 Å². The van der Waals surface area contributed by atoms with Crippen molar-refractivity contribution in [2.45, 2.75) is 25.7 Å². The van der Waals surface area contributed by atoms with Gasteiger partial charge in [-0.1, -0.05) is 18.2 Å². The third kappa shape index (κ3) is 2.67. The van der Waals surface area contributed by atoms with E-state index in [0.29, 0.717) is 17.3 Å². The fourth-order valence-corrected chi connectivity index (χ4v) is 4.69. The van der Waals surface area contributed by atoms with Crippen LogP contribution >= 0.6 is 0 Å². The average Bonchev–Trinajstić information content (AvgIpc) is 3.15. The van der Waals surface area contributed by atoms with E-state index in [2.05, 4.69) is 41.7 Å². The van der Waals surface area contributed by atoms with E-state index < -0.39 is 0 Å². The minimum absolute atomic E-state index is 0.301. The zero-order valence-electron chi connectivity index (χ0n) is 16.4. The van der Waals surface area contributed by atoms with E-state index in [-0.39, 0.29) is 0 Å². The number of hydrazone groups is 1. The summed E-state index contributed by atoms with van der Waals surface area (Å²) < 4.78 is 0. The largest absolute Gasteiger partial charge is 0.507 e. The van der Waals surface area contributed by atoms with Gasteiger partial charge in [-0.2, -0.15) is 10.1 Å². The molecule has 0 spiro atoms. The summed E-state index contributed by atoms with van der Waals surface area (Å²) in [7, 11) is 0. The van der Waals surface area contributed by atoms with Gasteiger partial charge in [0.05, 0.1) is 6.21 Å². The molecular weight excluding hydrogens is 378 g/mol. The van der Waals surface area contributed by atoms with Crippen LogP contribution in [0.25, 0.3) is 22.1 Å². The van der Waals surface area contributed by atoms with Crippen LogP contribution in [0.5, 0.6) is 5.75 Å². The Morgan fingerprint density at radius 1 is 1.13 bits per heavy atom. The zero-order valence-corrected chi connectivity index (χ0v) is 16.4. The standard InChI is InChI=1S/C22H21N7O/c30-20-14(11-13-5-3-9-29-10-4-7-16(20)19(13)29)12-23-27-22-25-21-18(26-28-22)15-6-1-2-8-17(15)24-21/h1-2,6,8,11-12,30H,3-5,7,9-10H2,(H2,24,25,27,28). The second-order valence-electron chi connectivity index (χ2n) is 7.87. The van der Waals surface area contributed by atoms with Gasteiger partial charge >= 0.3 is 0 Å². The molecule has 2 aromatic heterocycles. The van der Waals surface area contributed by atoms with Crippen molar-refractivity contribution >= 4 is 39.9 Å². The lowest BCUT2D eigenvalue weighted by Crippen LogP contribution is -2.34. The Morgan fingerprint density at radius 3 is 2.93 bits per heavy atom. The van der Waals surface area contributed by atoms with Gasteiger partial charge in [0, 0.05) is 40.8 Å². The molecule has 2 aliphatic heterocycles. The number of para-hydroxylation sites is 1. The molecule has 8 nitrogen and oxygen atoms in total. The first-order valence-electron chi connectivity index (χ1n) is 10.3. The molecule has 4 aromatic rings. The van der Waals surface area contributed by atoms with Gasteiger partial charge in [-0.15, -0.1) is 10.2 Å². The Bertz CT molecular complexity index is 1310. The van der Waals surface area contributed by atoms with E-state index in [1.807, 2.05) is 24.3 Å². The third-order valence-corrected chi connectivity index (χ3v) is 6.01. The van der Waals surface area contributed by atoms with Crippen molar-refractivity contribution in [2.75, 3.05) is 23.4 Å². The highest BCUT2D eigenvalue weighted by Gasteiger charge is 2.27. The number of phenols is 1. The molecule has 0 fully saturated rings. The molecule has 0 radical (unpaired) electrons. The summed E-state index contributed by atoms with van der Waals surface area (Å²) in [6.07, 6.45) is 5.80. The van der Waals surface area contributed by atoms with Gasteiger partial charge in [-0.25, -0.2) is 5.43 Å². The number of aryl methyl sites for hydroxylation is 1. The van der Waals surface area contributed by atoms with Crippen LogP contribution in [0.1, 0.15) is 29.5 Å². The molecule has 3 N–H and O–H groups in total. The van der Waals surface area contributed by atoms with Crippen LogP contribution in [0.4, 0.5) is 11.6 Å². The second-order valence-corrected chi connectivity index (χ2v) is 7.87. The van der Waals surface area contributed by atoms with Crippen LogP contribution in [-0.2, 0) is 12.8 Å². The number of H-pyrrole nitrogens is 1. The number of aromatic amines is 1. The summed E-state index contributed by atoms with van der Waals surface area (Å²) in [5.74, 6) is 0.631. The van der Waals surface area contributed by atoms with Crippen LogP contribution in [0.3, 0.4) is 0 Å². The average molecular weight is 399 g/mol. The molecule has 0 atom stereocenters. The molecule has 0 aliphatic carbocycles. The van der Waals surface area contributed by atoms with Crippen LogP contribution < -0.4 is 10.3 Å². The highest BCUT2D eigenvalue weighted by atomic mass is 16.3. The molecule has 0 saturated heterocycles. The van der Waals surface area contributed by atoms with E-state index >= 15 is 0 Å². The van der Waals surface area contributed by atoms with E-state index in [1.165, 1.54) is 11.3 Å². The molecule has 0 saturated carbocycles. The zero-order chi connectivity index (χ0) is 20.1. The molecule has 4 heterocycles. The van der Waals surface area contributed by atoms with E-state index in [9.17, 15) is 5.11 Å². The van der Waals surface area contributed by atoms with Gasteiger partial charge in [0.15, 0.2) is 5.65 Å². The number of fused-ring (bicyclic) bond motifs is 3. The third-order valence-electron chi connectivity index (χ3n) is 6.01.